The number of hydrogen-bond donors (Lipinski definition) is 2. The second-order valence-corrected chi connectivity index (χ2v) is 8.57. The van der Waals surface area contributed by atoms with Crippen LogP contribution in [-0.4, -0.2) is 23.9 Å². The van der Waals surface area contributed by atoms with Crippen molar-refractivity contribution in [2.75, 3.05) is 19.2 Å². The summed E-state index contributed by atoms with van der Waals surface area (Å²) in [6.45, 7) is 2.20. The van der Waals surface area contributed by atoms with E-state index in [2.05, 4.69) is 15.3 Å². The van der Waals surface area contributed by atoms with Crippen molar-refractivity contribution >= 4 is 44.8 Å². The molecule has 0 bridgehead atoms. The van der Waals surface area contributed by atoms with Gasteiger partial charge in [-0.3, -0.25) is 9.78 Å². The molecule has 2 aromatic heterocycles. The number of thiophene rings is 1. The molecule has 31 heavy (non-hydrogen) atoms. The third-order valence-electron chi connectivity index (χ3n) is 5.12. The van der Waals surface area contributed by atoms with E-state index in [4.69, 9.17) is 25.8 Å². The van der Waals surface area contributed by atoms with E-state index in [1.54, 1.807) is 25.3 Å². The summed E-state index contributed by atoms with van der Waals surface area (Å²) in [4.78, 5) is 22.0. The predicted octanol–water partition coefficient (Wildman–Crippen LogP) is 5.02. The molecule has 1 aliphatic rings. The Kier molecular flexibility index (Phi) is 4.95. The summed E-state index contributed by atoms with van der Waals surface area (Å²) in [5, 5.41) is 4.18. The van der Waals surface area contributed by atoms with E-state index in [9.17, 15) is 4.79 Å². The first-order valence-corrected chi connectivity index (χ1v) is 10.7. The molecule has 2 aromatic carbocycles. The Bertz CT molecular complexity index is 1370. The molecule has 0 saturated carbocycles. The summed E-state index contributed by atoms with van der Waals surface area (Å²) in [7, 11) is 1.56. The van der Waals surface area contributed by atoms with Crippen LogP contribution >= 0.6 is 22.9 Å². The van der Waals surface area contributed by atoms with Crippen molar-refractivity contribution in [3.63, 3.8) is 0 Å². The lowest BCUT2D eigenvalue weighted by Crippen LogP contribution is -2.11. The monoisotopic (exact) mass is 455 g/mol. The first-order chi connectivity index (χ1) is 15.0. The van der Waals surface area contributed by atoms with Gasteiger partial charge >= 0.3 is 0 Å². The predicted molar refractivity (Wildman–Crippen MR) is 122 cm³/mol. The highest BCUT2D eigenvalue weighted by Crippen LogP contribution is 2.35. The lowest BCUT2D eigenvalue weighted by molar-refractivity contribution is 0.174. The lowest BCUT2D eigenvalue weighted by Gasteiger charge is -2.08. The zero-order valence-corrected chi connectivity index (χ0v) is 18.3. The molecule has 3 heterocycles. The van der Waals surface area contributed by atoms with Crippen LogP contribution in [0.2, 0.25) is 5.02 Å². The second kappa shape index (κ2) is 7.79. The number of rotatable bonds is 5. The Morgan fingerprint density at radius 1 is 1.23 bits per heavy atom. The smallest absolute Gasteiger partial charge is 0.261 e. The number of fused-ring (bicyclic) bond motifs is 2. The van der Waals surface area contributed by atoms with Crippen molar-refractivity contribution in [2.45, 2.75) is 13.3 Å². The van der Waals surface area contributed by atoms with Crippen LogP contribution < -0.4 is 25.1 Å². The second-order valence-electron chi connectivity index (χ2n) is 7.08. The summed E-state index contributed by atoms with van der Waals surface area (Å²) in [6.07, 6.45) is 0.680. The van der Waals surface area contributed by atoms with Gasteiger partial charge in [-0.25, -0.2) is 4.98 Å². The molecule has 7 nitrogen and oxygen atoms in total. The van der Waals surface area contributed by atoms with Crippen molar-refractivity contribution < 1.29 is 14.2 Å². The number of methoxy groups -OCH3 is 1. The number of H-pyrrole nitrogens is 1. The fourth-order valence-electron chi connectivity index (χ4n) is 3.53. The molecule has 0 fully saturated rings. The highest BCUT2D eigenvalue weighted by Gasteiger charge is 2.17. The Morgan fingerprint density at radius 2 is 2.06 bits per heavy atom. The van der Waals surface area contributed by atoms with Crippen molar-refractivity contribution in [3.05, 3.63) is 67.8 Å². The van der Waals surface area contributed by atoms with Gasteiger partial charge in [-0.2, -0.15) is 0 Å². The number of benzene rings is 2. The van der Waals surface area contributed by atoms with Crippen LogP contribution in [0.3, 0.4) is 0 Å². The molecular formula is C22H18ClN3O4S. The largest absolute Gasteiger partial charge is 0.495 e. The number of halogens is 1. The third-order valence-corrected chi connectivity index (χ3v) is 6.60. The maximum Gasteiger partial charge on any atom is 0.261 e. The molecule has 0 spiro atoms. The molecular weight excluding hydrogens is 438 g/mol. The quantitative estimate of drug-likeness (QED) is 0.439. The van der Waals surface area contributed by atoms with Gasteiger partial charge < -0.3 is 19.5 Å². The van der Waals surface area contributed by atoms with Crippen LogP contribution in [-0.2, 0) is 6.42 Å². The first-order valence-electron chi connectivity index (χ1n) is 9.53. The van der Waals surface area contributed by atoms with Gasteiger partial charge in [-0.05, 0) is 48.4 Å². The van der Waals surface area contributed by atoms with Gasteiger partial charge in [-0.15, -0.1) is 11.3 Å². The zero-order valence-electron chi connectivity index (χ0n) is 16.7. The molecule has 9 heteroatoms. The van der Waals surface area contributed by atoms with E-state index in [0.717, 1.165) is 27.5 Å². The van der Waals surface area contributed by atoms with Crippen LogP contribution in [0, 0.1) is 6.92 Å². The van der Waals surface area contributed by atoms with E-state index < -0.39 is 0 Å². The average Bonchev–Trinajstić information content (AvgIpc) is 3.32. The van der Waals surface area contributed by atoms with Gasteiger partial charge in [0.25, 0.3) is 5.56 Å². The minimum atomic E-state index is -0.183. The highest BCUT2D eigenvalue weighted by molar-refractivity contribution is 7.18. The molecule has 0 aliphatic carbocycles. The number of aromatic nitrogens is 2. The van der Waals surface area contributed by atoms with Gasteiger partial charge in [0.05, 0.1) is 17.5 Å². The average molecular weight is 456 g/mol. The van der Waals surface area contributed by atoms with E-state index in [1.165, 1.54) is 11.3 Å². The van der Waals surface area contributed by atoms with Crippen molar-refractivity contribution in [1.82, 2.24) is 9.97 Å². The molecule has 0 unspecified atom stereocenters. The lowest BCUT2D eigenvalue weighted by atomic mass is 10.1. The molecule has 4 aromatic rings. The van der Waals surface area contributed by atoms with Gasteiger partial charge in [0.1, 0.15) is 10.6 Å². The van der Waals surface area contributed by atoms with Crippen LogP contribution in [0.25, 0.3) is 10.2 Å². The molecule has 1 aliphatic heterocycles. The van der Waals surface area contributed by atoms with Crippen LogP contribution in [0.4, 0.5) is 11.6 Å². The topological polar surface area (TPSA) is 85.5 Å². The SMILES string of the molecule is COc1ccc(Nc2nc3sc(Cc4ccc5c(c4)OCO5)c(C)c3c(=O)[nH]2)cc1Cl. The van der Waals surface area contributed by atoms with Crippen LogP contribution in [0.5, 0.6) is 17.2 Å². The Labute approximate surface area is 186 Å². The fourth-order valence-corrected chi connectivity index (χ4v) is 5.00. The summed E-state index contributed by atoms with van der Waals surface area (Å²) < 4.78 is 16.0. The Hall–Kier alpha value is -3.23. The highest BCUT2D eigenvalue weighted by atomic mass is 35.5. The Morgan fingerprint density at radius 3 is 2.87 bits per heavy atom. The third kappa shape index (κ3) is 3.68. The molecule has 0 amide bonds. The molecule has 2 N–H and O–H groups in total. The number of hydrogen-bond acceptors (Lipinski definition) is 7. The van der Waals surface area contributed by atoms with E-state index >= 15 is 0 Å². The summed E-state index contributed by atoms with van der Waals surface area (Å²) in [5.41, 5.74) is 2.53. The number of nitrogens with zero attached hydrogens (tertiary/aromatic N) is 1. The normalized spacial score (nSPS) is 12.4. The van der Waals surface area contributed by atoms with Crippen molar-refractivity contribution in [3.8, 4) is 17.2 Å². The van der Waals surface area contributed by atoms with E-state index in [-0.39, 0.29) is 12.4 Å². The van der Waals surface area contributed by atoms with Gasteiger partial charge in [-0.1, -0.05) is 17.7 Å². The summed E-state index contributed by atoms with van der Waals surface area (Å²) >= 11 is 7.70. The maximum atomic E-state index is 12.8. The summed E-state index contributed by atoms with van der Waals surface area (Å²) in [6, 6.07) is 11.2. The van der Waals surface area contributed by atoms with Gasteiger partial charge in [0.15, 0.2) is 11.5 Å². The van der Waals surface area contributed by atoms with Gasteiger partial charge in [0.2, 0.25) is 12.7 Å². The van der Waals surface area contributed by atoms with Crippen LogP contribution in [0.1, 0.15) is 16.0 Å². The first kappa shape index (κ1) is 19.7. The number of aryl methyl sites for hydroxylation is 1. The van der Waals surface area contributed by atoms with E-state index in [0.29, 0.717) is 39.0 Å². The standard InChI is InChI=1S/C22H18ClN3O4S/c1-11-18(8-12-3-5-16-17(7-12)30-10-29-16)31-21-19(11)20(27)25-22(26-21)24-13-4-6-15(28-2)14(23)9-13/h3-7,9H,8,10H2,1-2H3,(H2,24,25,26,27). The number of nitrogens with one attached hydrogen (secondary N) is 2. The number of aromatic amines is 1. The minimum Gasteiger partial charge on any atom is -0.495 e. The van der Waals surface area contributed by atoms with Crippen LogP contribution in [0.15, 0.2) is 41.2 Å². The fraction of sp³-hybridized carbons (Fsp3) is 0.182. The Balaban J connectivity index is 1.46. The number of ether oxygens (including phenoxy) is 3. The maximum absolute atomic E-state index is 12.8. The molecule has 5 rings (SSSR count). The van der Waals surface area contributed by atoms with E-state index in [1.807, 2.05) is 25.1 Å². The summed E-state index contributed by atoms with van der Waals surface area (Å²) in [5.74, 6) is 2.43. The zero-order chi connectivity index (χ0) is 21.5. The molecule has 0 atom stereocenters. The molecule has 158 valence electrons. The minimum absolute atomic E-state index is 0.183. The number of anilines is 2. The van der Waals surface area contributed by atoms with Crippen molar-refractivity contribution in [1.29, 1.82) is 0 Å². The van der Waals surface area contributed by atoms with Gasteiger partial charge in [0, 0.05) is 17.0 Å². The molecule has 0 saturated heterocycles. The van der Waals surface area contributed by atoms with Crippen molar-refractivity contribution in [2.24, 2.45) is 0 Å². The molecule has 0 radical (unpaired) electrons.